The number of ether oxygens (including phenoxy) is 1. The molecule has 27 heavy (non-hydrogen) atoms. The van der Waals surface area contributed by atoms with Gasteiger partial charge in [-0.15, -0.1) is 0 Å². The molecule has 0 spiro atoms. The molecule has 3 N–H and O–H groups in total. The maximum absolute atomic E-state index is 15.0. The number of aromatic nitrogens is 1. The predicted octanol–water partition coefficient (Wildman–Crippen LogP) is 2.46. The number of hydrogen-bond donors (Lipinski definition) is 2. The van der Waals surface area contributed by atoms with Crippen LogP contribution in [0.2, 0.25) is 0 Å². The van der Waals surface area contributed by atoms with Crippen LogP contribution in [0.25, 0.3) is 5.52 Å². The molecule has 144 valence electrons. The molecule has 0 unspecified atom stereocenters. The number of carboxylic acid groups (broad SMARTS) is 1. The van der Waals surface area contributed by atoms with E-state index >= 15 is 4.39 Å². The van der Waals surface area contributed by atoms with E-state index in [1.807, 2.05) is 11.8 Å². The standard InChI is InChI=1S/C19H22FN3O4/c1-9-6-22(8-14(9)21)17-10(2)16-12(11-3-4-11)5-15(27-19(25)26)18(24)23(16)7-13(17)20/h5,7,9,11,14H,3-4,6,8,21H2,1-2H3,(H,25,26)/t9-,14+/m1/s1. The van der Waals surface area contributed by atoms with Gasteiger partial charge in [0.05, 0.1) is 17.4 Å². The maximum Gasteiger partial charge on any atom is 0.511 e. The summed E-state index contributed by atoms with van der Waals surface area (Å²) in [5, 5.41) is 8.89. The molecule has 7 nitrogen and oxygen atoms in total. The number of nitrogens with zero attached hydrogens (tertiary/aromatic N) is 2. The molecule has 2 atom stereocenters. The summed E-state index contributed by atoms with van der Waals surface area (Å²) in [6.07, 6.45) is 1.45. The number of hydrogen-bond acceptors (Lipinski definition) is 5. The molecule has 1 saturated heterocycles. The van der Waals surface area contributed by atoms with Gasteiger partial charge in [-0.3, -0.25) is 9.20 Å². The van der Waals surface area contributed by atoms with Gasteiger partial charge in [-0.25, -0.2) is 9.18 Å². The van der Waals surface area contributed by atoms with Crippen molar-refractivity contribution < 1.29 is 19.0 Å². The molecule has 0 amide bonds. The fourth-order valence-corrected chi connectivity index (χ4v) is 4.05. The molecule has 8 heteroatoms. The highest BCUT2D eigenvalue weighted by molar-refractivity contribution is 5.74. The van der Waals surface area contributed by atoms with Gasteiger partial charge in [-0.05, 0) is 48.8 Å². The number of aryl methyl sites for hydroxylation is 1. The Labute approximate surface area is 155 Å². The third-order valence-electron chi connectivity index (χ3n) is 5.61. The van der Waals surface area contributed by atoms with Crippen molar-refractivity contribution in [3.8, 4) is 5.75 Å². The summed E-state index contributed by atoms with van der Waals surface area (Å²) in [7, 11) is 0. The van der Waals surface area contributed by atoms with Crippen molar-refractivity contribution >= 4 is 17.4 Å². The first-order valence-electron chi connectivity index (χ1n) is 9.07. The zero-order valence-electron chi connectivity index (χ0n) is 15.2. The van der Waals surface area contributed by atoms with Crippen LogP contribution in [-0.2, 0) is 0 Å². The van der Waals surface area contributed by atoms with Crippen molar-refractivity contribution in [2.45, 2.75) is 38.6 Å². The lowest BCUT2D eigenvalue weighted by Crippen LogP contribution is -2.29. The Morgan fingerprint density at radius 2 is 2.07 bits per heavy atom. The van der Waals surface area contributed by atoms with Crippen LogP contribution in [0.1, 0.15) is 36.8 Å². The molecule has 0 aromatic carbocycles. The highest BCUT2D eigenvalue weighted by Gasteiger charge is 2.33. The number of carbonyl (C=O) groups is 1. The largest absolute Gasteiger partial charge is 0.511 e. The third-order valence-corrected chi connectivity index (χ3v) is 5.61. The topological polar surface area (TPSA) is 97.3 Å². The SMILES string of the molecule is Cc1c(N2C[C@@H](C)[C@@H](N)C2)c(F)cn2c(=O)c(OC(=O)O)cc(C3CC3)c12. The fraction of sp³-hybridized carbons (Fsp3) is 0.474. The third kappa shape index (κ3) is 2.93. The first-order valence-corrected chi connectivity index (χ1v) is 9.07. The average Bonchev–Trinajstić information content (AvgIpc) is 3.36. The van der Waals surface area contributed by atoms with E-state index in [4.69, 9.17) is 10.8 Å². The average molecular weight is 375 g/mol. The van der Waals surface area contributed by atoms with E-state index in [0.29, 0.717) is 29.9 Å². The first-order chi connectivity index (χ1) is 12.8. The molecule has 2 aromatic rings. The van der Waals surface area contributed by atoms with E-state index in [9.17, 15) is 9.59 Å². The molecule has 1 saturated carbocycles. The molecular formula is C19H22FN3O4. The predicted molar refractivity (Wildman–Crippen MR) is 98.3 cm³/mol. The molecule has 2 aromatic heterocycles. The zero-order chi connectivity index (χ0) is 19.5. The highest BCUT2D eigenvalue weighted by atomic mass is 19.1. The maximum atomic E-state index is 15.0. The fourth-order valence-electron chi connectivity index (χ4n) is 4.05. The Hall–Kier alpha value is -2.61. The Bertz CT molecular complexity index is 989. The second kappa shape index (κ2) is 6.23. The smallest absolute Gasteiger partial charge is 0.449 e. The number of nitrogens with two attached hydrogens (primary N) is 1. The molecule has 1 aliphatic carbocycles. The first kappa shape index (κ1) is 17.8. The Balaban J connectivity index is 1.96. The zero-order valence-corrected chi connectivity index (χ0v) is 15.2. The van der Waals surface area contributed by atoms with Crippen molar-refractivity contribution in [2.24, 2.45) is 11.7 Å². The quantitative estimate of drug-likeness (QED) is 0.800. The van der Waals surface area contributed by atoms with Crippen LogP contribution >= 0.6 is 0 Å². The molecular weight excluding hydrogens is 353 g/mol. The minimum Gasteiger partial charge on any atom is -0.449 e. The van der Waals surface area contributed by atoms with Gasteiger partial charge >= 0.3 is 6.16 Å². The molecule has 1 aliphatic heterocycles. The molecule has 0 radical (unpaired) electrons. The van der Waals surface area contributed by atoms with Crippen LogP contribution in [0.5, 0.6) is 5.75 Å². The minimum absolute atomic E-state index is 0.0311. The van der Waals surface area contributed by atoms with Gasteiger partial charge in [0.2, 0.25) is 0 Å². The molecule has 0 bridgehead atoms. The Morgan fingerprint density at radius 1 is 1.37 bits per heavy atom. The summed E-state index contributed by atoms with van der Waals surface area (Å²) in [6.45, 7) is 5.04. The van der Waals surface area contributed by atoms with Crippen molar-refractivity contribution in [2.75, 3.05) is 18.0 Å². The number of pyridine rings is 2. The van der Waals surface area contributed by atoms with Crippen LogP contribution in [-0.4, -0.2) is 34.8 Å². The van der Waals surface area contributed by atoms with Crippen LogP contribution in [0.15, 0.2) is 17.1 Å². The number of rotatable bonds is 3. The second-order valence-electron chi connectivity index (χ2n) is 7.63. The second-order valence-corrected chi connectivity index (χ2v) is 7.63. The molecule has 2 fully saturated rings. The highest BCUT2D eigenvalue weighted by Crippen LogP contribution is 2.44. The van der Waals surface area contributed by atoms with Gasteiger partial charge in [0.15, 0.2) is 11.6 Å². The van der Waals surface area contributed by atoms with Crippen LogP contribution in [0.3, 0.4) is 0 Å². The molecule has 2 aliphatic rings. The Morgan fingerprint density at radius 3 is 2.63 bits per heavy atom. The van der Waals surface area contributed by atoms with E-state index in [-0.39, 0.29) is 23.6 Å². The van der Waals surface area contributed by atoms with E-state index in [0.717, 1.165) is 24.6 Å². The molecule has 4 rings (SSSR count). The monoisotopic (exact) mass is 375 g/mol. The number of fused-ring (bicyclic) bond motifs is 1. The van der Waals surface area contributed by atoms with Crippen LogP contribution < -0.4 is 20.9 Å². The van der Waals surface area contributed by atoms with Crippen molar-refractivity contribution in [3.05, 3.63) is 39.6 Å². The van der Waals surface area contributed by atoms with Gasteiger partial charge in [0, 0.05) is 19.1 Å². The normalized spacial score (nSPS) is 22.4. The summed E-state index contributed by atoms with van der Waals surface area (Å²) in [6, 6.07) is 1.47. The lowest BCUT2D eigenvalue weighted by Gasteiger charge is -2.24. The van der Waals surface area contributed by atoms with Crippen molar-refractivity contribution in [3.63, 3.8) is 0 Å². The van der Waals surface area contributed by atoms with Crippen LogP contribution in [0.4, 0.5) is 14.9 Å². The van der Waals surface area contributed by atoms with Crippen molar-refractivity contribution in [1.29, 1.82) is 0 Å². The van der Waals surface area contributed by atoms with Gasteiger partial charge in [-0.2, -0.15) is 0 Å². The summed E-state index contributed by atoms with van der Waals surface area (Å²) < 4.78 is 20.8. The lowest BCUT2D eigenvalue weighted by molar-refractivity contribution is 0.143. The Kier molecular flexibility index (Phi) is 4.10. The number of anilines is 1. The summed E-state index contributed by atoms with van der Waals surface area (Å²) in [5.41, 5.74) is 8.00. The number of halogens is 1. The van der Waals surface area contributed by atoms with E-state index in [2.05, 4.69) is 4.74 Å². The lowest BCUT2D eigenvalue weighted by atomic mass is 10.0. The van der Waals surface area contributed by atoms with Crippen molar-refractivity contribution in [1.82, 2.24) is 4.40 Å². The summed E-state index contributed by atoms with van der Waals surface area (Å²) in [4.78, 5) is 25.5. The van der Waals surface area contributed by atoms with Gasteiger partial charge < -0.3 is 20.5 Å². The van der Waals surface area contributed by atoms with Gasteiger partial charge in [0.25, 0.3) is 5.56 Å². The van der Waals surface area contributed by atoms with E-state index in [1.165, 1.54) is 10.5 Å². The summed E-state index contributed by atoms with van der Waals surface area (Å²) in [5.74, 6) is -0.368. The minimum atomic E-state index is -1.57. The van der Waals surface area contributed by atoms with Crippen LogP contribution in [0, 0.1) is 18.7 Å². The van der Waals surface area contributed by atoms with E-state index < -0.39 is 17.5 Å². The molecule has 3 heterocycles. The van der Waals surface area contributed by atoms with Gasteiger partial charge in [-0.1, -0.05) is 6.92 Å². The summed E-state index contributed by atoms with van der Waals surface area (Å²) >= 11 is 0. The van der Waals surface area contributed by atoms with Gasteiger partial charge in [0.1, 0.15) is 0 Å². The van der Waals surface area contributed by atoms with E-state index in [1.54, 1.807) is 6.92 Å².